The molecule has 0 aliphatic rings. The number of aryl methyl sites for hydroxylation is 1. The number of hydrogen-bond acceptors (Lipinski definition) is 6. The highest BCUT2D eigenvalue weighted by Gasteiger charge is 2.20. The number of imidazole rings is 1. The molecular formula is C20H20N4O2S. The SMILES string of the molecule is CCOc1ccc(-n2c(SC(C)c3nnc(C)o3)nc3ccccc32)cc1. The third-order valence-corrected chi connectivity index (χ3v) is 5.15. The molecule has 2 heterocycles. The summed E-state index contributed by atoms with van der Waals surface area (Å²) in [7, 11) is 0. The van der Waals surface area contributed by atoms with Crippen LogP contribution in [0.1, 0.15) is 30.9 Å². The summed E-state index contributed by atoms with van der Waals surface area (Å²) in [6.45, 7) is 6.46. The first-order valence-corrected chi connectivity index (χ1v) is 9.71. The van der Waals surface area contributed by atoms with Gasteiger partial charge in [-0.15, -0.1) is 10.2 Å². The Hall–Kier alpha value is -2.80. The van der Waals surface area contributed by atoms with Gasteiger partial charge in [0, 0.05) is 12.6 Å². The zero-order valence-electron chi connectivity index (χ0n) is 15.4. The molecule has 0 amide bonds. The highest BCUT2D eigenvalue weighted by atomic mass is 32.2. The molecule has 0 saturated heterocycles. The monoisotopic (exact) mass is 380 g/mol. The van der Waals surface area contributed by atoms with Gasteiger partial charge in [-0.2, -0.15) is 0 Å². The van der Waals surface area contributed by atoms with Crippen molar-refractivity contribution in [1.29, 1.82) is 0 Å². The molecule has 0 aliphatic carbocycles. The Morgan fingerprint density at radius 3 is 2.59 bits per heavy atom. The highest BCUT2D eigenvalue weighted by molar-refractivity contribution is 7.99. The molecular weight excluding hydrogens is 360 g/mol. The van der Waals surface area contributed by atoms with E-state index in [1.165, 1.54) is 0 Å². The van der Waals surface area contributed by atoms with Crippen LogP contribution in [0, 0.1) is 6.92 Å². The summed E-state index contributed by atoms with van der Waals surface area (Å²) in [6, 6.07) is 16.2. The molecule has 2 aromatic heterocycles. The molecule has 4 rings (SSSR count). The van der Waals surface area contributed by atoms with Gasteiger partial charge in [-0.1, -0.05) is 23.9 Å². The Balaban J connectivity index is 1.75. The van der Waals surface area contributed by atoms with E-state index < -0.39 is 0 Å². The molecule has 0 spiro atoms. The molecule has 27 heavy (non-hydrogen) atoms. The number of rotatable bonds is 6. The number of ether oxygens (including phenoxy) is 1. The topological polar surface area (TPSA) is 66.0 Å². The van der Waals surface area contributed by atoms with E-state index in [2.05, 4.69) is 20.8 Å². The van der Waals surface area contributed by atoms with Crippen LogP contribution in [0.2, 0.25) is 0 Å². The van der Waals surface area contributed by atoms with E-state index in [9.17, 15) is 0 Å². The zero-order chi connectivity index (χ0) is 18.8. The van der Waals surface area contributed by atoms with Crippen LogP contribution in [-0.2, 0) is 0 Å². The summed E-state index contributed by atoms with van der Waals surface area (Å²) in [5.74, 6) is 2.02. The molecule has 6 nitrogen and oxygen atoms in total. The first kappa shape index (κ1) is 17.6. The minimum absolute atomic E-state index is 0.00976. The van der Waals surface area contributed by atoms with E-state index in [0.29, 0.717) is 18.4 Å². The fourth-order valence-corrected chi connectivity index (χ4v) is 3.85. The normalized spacial score (nSPS) is 12.4. The smallest absolute Gasteiger partial charge is 0.229 e. The Bertz CT molecular complexity index is 1060. The summed E-state index contributed by atoms with van der Waals surface area (Å²) >= 11 is 1.60. The van der Waals surface area contributed by atoms with Crippen LogP contribution in [0.15, 0.2) is 58.1 Å². The Morgan fingerprint density at radius 2 is 1.89 bits per heavy atom. The number of hydrogen-bond donors (Lipinski definition) is 0. The van der Waals surface area contributed by atoms with Crippen molar-refractivity contribution in [2.45, 2.75) is 31.2 Å². The van der Waals surface area contributed by atoms with Gasteiger partial charge in [0.25, 0.3) is 0 Å². The van der Waals surface area contributed by atoms with E-state index >= 15 is 0 Å². The summed E-state index contributed by atoms with van der Waals surface area (Å²) < 4.78 is 13.3. The highest BCUT2D eigenvalue weighted by Crippen LogP contribution is 2.37. The molecule has 0 N–H and O–H groups in total. The van der Waals surface area contributed by atoms with Gasteiger partial charge in [0.2, 0.25) is 11.8 Å². The zero-order valence-corrected chi connectivity index (χ0v) is 16.2. The molecule has 7 heteroatoms. The predicted octanol–water partition coefficient (Wildman–Crippen LogP) is 4.97. The molecule has 0 radical (unpaired) electrons. The lowest BCUT2D eigenvalue weighted by Crippen LogP contribution is -1.99. The largest absolute Gasteiger partial charge is 0.494 e. The van der Waals surface area contributed by atoms with E-state index in [4.69, 9.17) is 14.1 Å². The molecule has 0 bridgehead atoms. The van der Waals surface area contributed by atoms with E-state index in [1.807, 2.05) is 56.3 Å². The minimum atomic E-state index is -0.00976. The van der Waals surface area contributed by atoms with E-state index in [-0.39, 0.29) is 5.25 Å². The third kappa shape index (κ3) is 3.55. The number of aromatic nitrogens is 4. The maximum Gasteiger partial charge on any atom is 0.229 e. The van der Waals surface area contributed by atoms with Crippen LogP contribution in [0.4, 0.5) is 0 Å². The standard InChI is InChI=1S/C20H20N4O2S/c1-4-25-16-11-9-15(10-12-16)24-18-8-6-5-7-17(18)21-20(24)27-13(2)19-23-22-14(3)26-19/h5-13H,4H2,1-3H3. The van der Waals surface area contributed by atoms with Crippen molar-refractivity contribution in [2.75, 3.05) is 6.61 Å². The Kier molecular flexibility index (Phi) is 4.85. The van der Waals surface area contributed by atoms with Crippen molar-refractivity contribution in [3.8, 4) is 11.4 Å². The fraction of sp³-hybridized carbons (Fsp3) is 0.250. The van der Waals surface area contributed by atoms with Crippen LogP contribution < -0.4 is 4.74 Å². The van der Waals surface area contributed by atoms with Crippen molar-refractivity contribution < 1.29 is 9.15 Å². The first-order valence-electron chi connectivity index (χ1n) is 8.83. The molecule has 1 unspecified atom stereocenters. The van der Waals surface area contributed by atoms with Crippen molar-refractivity contribution in [3.63, 3.8) is 0 Å². The van der Waals surface area contributed by atoms with Crippen LogP contribution in [0.5, 0.6) is 5.75 Å². The van der Waals surface area contributed by atoms with E-state index in [1.54, 1.807) is 18.7 Å². The second-order valence-corrected chi connectivity index (χ2v) is 7.37. The van der Waals surface area contributed by atoms with Gasteiger partial charge in [-0.3, -0.25) is 4.57 Å². The van der Waals surface area contributed by atoms with E-state index in [0.717, 1.165) is 27.6 Å². The second kappa shape index (κ2) is 7.44. The summed E-state index contributed by atoms with van der Waals surface area (Å²) in [5, 5.41) is 8.94. The van der Waals surface area contributed by atoms with Gasteiger partial charge < -0.3 is 9.15 Å². The number of para-hydroxylation sites is 2. The lowest BCUT2D eigenvalue weighted by atomic mass is 10.2. The van der Waals surface area contributed by atoms with Crippen molar-refractivity contribution in [2.24, 2.45) is 0 Å². The molecule has 0 aliphatic heterocycles. The Labute approximate surface area is 161 Å². The number of thioether (sulfide) groups is 1. The predicted molar refractivity (Wildman–Crippen MR) is 106 cm³/mol. The molecule has 138 valence electrons. The summed E-state index contributed by atoms with van der Waals surface area (Å²) in [5.41, 5.74) is 3.03. The van der Waals surface area contributed by atoms with Gasteiger partial charge in [-0.05, 0) is 50.2 Å². The number of fused-ring (bicyclic) bond motifs is 1. The van der Waals surface area contributed by atoms with Crippen LogP contribution >= 0.6 is 11.8 Å². The van der Waals surface area contributed by atoms with Crippen LogP contribution in [-0.4, -0.2) is 26.4 Å². The van der Waals surface area contributed by atoms with Gasteiger partial charge in [-0.25, -0.2) is 4.98 Å². The summed E-state index contributed by atoms with van der Waals surface area (Å²) in [4.78, 5) is 4.82. The second-order valence-electron chi connectivity index (χ2n) is 6.06. The molecule has 0 saturated carbocycles. The van der Waals surface area contributed by atoms with Crippen molar-refractivity contribution in [3.05, 3.63) is 60.3 Å². The number of nitrogens with zero attached hydrogens (tertiary/aromatic N) is 4. The third-order valence-electron chi connectivity index (χ3n) is 4.11. The van der Waals surface area contributed by atoms with Crippen LogP contribution in [0.25, 0.3) is 16.7 Å². The Morgan fingerprint density at radius 1 is 1.11 bits per heavy atom. The van der Waals surface area contributed by atoms with Gasteiger partial charge >= 0.3 is 0 Å². The lowest BCUT2D eigenvalue weighted by molar-refractivity contribution is 0.340. The van der Waals surface area contributed by atoms with Crippen LogP contribution in [0.3, 0.4) is 0 Å². The quantitative estimate of drug-likeness (QED) is 0.440. The van der Waals surface area contributed by atoms with Crippen molar-refractivity contribution >= 4 is 22.8 Å². The van der Waals surface area contributed by atoms with Crippen molar-refractivity contribution in [1.82, 2.24) is 19.7 Å². The molecule has 2 aromatic carbocycles. The number of benzene rings is 2. The first-order chi connectivity index (χ1) is 13.2. The fourth-order valence-electron chi connectivity index (χ4n) is 2.88. The van der Waals surface area contributed by atoms with Gasteiger partial charge in [0.15, 0.2) is 5.16 Å². The molecule has 4 aromatic rings. The minimum Gasteiger partial charge on any atom is -0.494 e. The summed E-state index contributed by atoms with van der Waals surface area (Å²) in [6.07, 6.45) is 0. The van der Waals surface area contributed by atoms with Gasteiger partial charge in [0.1, 0.15) is 5.75 Å². The van der Waals surface area contributed by atoms with Gasteiger partial charge in [0.05, 0.1) is 22.9 Å². The lowest BCUT2D eigenvalue weighted by Gasteiger charge is -2.12. The maximum atomic E-state index is 5.58. The molecule has 1 atom stereocenters. The average molecular weight is 380 g/mol. The maximum absolute atomic E-state index is 5.58. The average Bonchev–Trinajstić information content (AvgIpc) is 3.26. The molecule has 0 fully saturated rings.